The lowest BCUT2D eigenvalue weighted by atomic mass is 10.1. The highest BCUT2D eigenvalue weighted by Crippen LogP contribution is 2.26. The molecule has 0 aliphatic carbocycles. The van der Waals surface area contributed by atoms with Gasteiger partial charge in [-0.2, -0.15) is 0 Å². The number of nitrogens with one attached hydrogen (secondary N) is 1. The number of carbonyl (C=O) groups is 1. The Bertz CT molecular complexity index is 864. The van der Waals surface area contributed by atoms with E-state index in [4.69, 9.17) is 4.74 Å². The molecule has 0 saturated carbocycles. The maximum atomic E-state index is 12.7. The van der Waals surface area contributed by atoms with Crippen LogP contribution >= 0.6 is 11.3 Å². The number of benzene rings is 1. The van der Waals surface area contributed by atoms with E-state index >= 15 is 0 Å². The van der Waals surface area contributed by atoms with Gasteiger partial charge in [0.05, 0.1) is 17.3 Å². The third kappa shape index (κ3) is 3.87. The molecule has 0 radical (unpaired) electrons. The van der Waals surface area contributed by atoms with Crippen LogP contribution < -0.4 is 10.1 Å². The van der Waals surface area contributed by atoms with Crippen molar-refractivity contribution in [2.45, 2.75) is 26.8 Å². The van der Waals surface area contributed by atoms with Gasteiger partial charge in [-0.3, -0.25) is 4.79 Å². The van der Waals surface area contributed by atoms with Crippen LogP contribution in [0.15, 0.2) is 41.8 Å². The van der Waals surface area contributed by atoms with Crippen LogP contribution in [-0.2, 0) is 13.0 Å². The van der Waals surface area contributed by atoms with Crippen molar-refractivity contribution in [2.75, 3.05) is 13.7 Å². The van der Waals surface area contributed by atoms with Crippen LogP contribution in [0.3, 0.4) is 0 Å². The van der Waals surface area contributed by atoms with Crippen LogP contribution in [0.1, 0.15) is 29.9 Å². The lowest BCUT2D eigenvalue weighted by Gasteiger charge is -2.13. The molecule has 4 nitrogen and oxygen atoms in total. The maximum Gasteiger partial charge on any atom is 0.267 e. The molecule has 1 N–H and O–H groups in total. The van der Waals surface area contributed by atoms with Crippen LogP contribution in [0.25, 0.3) is 10.2 Å². The highest BCUT2D eigenvalue weighted by Gasteiger charge is 2.17. The van der Waals surface area contributed by atoms with E-state index in [-0.39, 0.29) is 5.91 Å². The molecule has 2 aromatic heterocycles. The van der Waals surface area contributed by atoms with E-state index in [2.05, 4.69) is 35.2 Å². The van der Waals surface area contributed by atoms with Crippen molar-refractivity contribution in [3.63, 3.8) is 0 Å². The van der Waals surface area contributed by atoms with Gasteiger partial charge in [-0.1, -0.05) is 32.0 Å². The number of thiophene rings is 1. The van der Waals surface area contributed by atoms with Gasteiger partial charge < -0.3 is 14.6 Å². The predicted molar refractivity (Wildman–Crippen MR) is 104 cm³/mol. The summed E-state index contributed by atoms with van der Waals surface area (Å²) in [6.45, 7) is 5.76. The first-order valence-electron chi connectivity index (χ1n) is 8.57. The van der Waals surface area contributed by atoms with Crippen molar-refractivity contribution < 1.29 is 9.53 Å². The van der Waals surface area contributed by atoms with E-state index in [1.165, 1.54) is 0 Å². The van der Waals surface area contributed by atoms with Crippen LogP contribution in [0.4, 0.5) is 0 Å². The number of hydrogen-bond acceptors (Lipinski definition) is 3. The molecule has 132 valence electrons. The number of methoxy groups -OCH3 is 1. The second-order valence-electron chi connectivity index (χ2n) is 6.52. The van der Waals surface area contributed by atoms with Crippen molar-refractivity contribution in [1.82, 2.24) is 9.88 Å². The zero-order valence-electron chi connectivity index (χ0n) is 14.9. The standard InChI is InChI=1S/C20H24N2O2S/c1-14(2)13-22-16-9-11-25-19(16)12-17(22)20(23)21-10-8-15-6-4-5-7-18(15)24-3/h4-7,9,11-12,14H,8,10,13H2,1-3H3,(H,21,23). The SMILES string of the molecule is COc1ccccc1CCNC(=O)c1cc2sccc2n1CC(C)C. The quantitative estimate of drug-likeness (QED) is 0.684. The molecule has 3 rings (SSSR count). The fourth-order valence-corrected chi connectivity index (χ4v) is 3.86. The largest absolute Gasteiger partial charge is 0.496 e. The summed E-state index contributed by atoms with van der Waals surface area (Å²) in [7, 11) is 1.67. The second-order valence-corrected chi connectivity index (χ2v) is 7.47. The minimum atomic E-state index is -0.0149. The number of rotatable bonds is 7. The molecule has 0 aliphatic heterocycles. The number of fused-ring (bicyclic) bond motifs is 1. The van der Waals surface area contributed by atoms with E-state index in [0.717, 1.165) is 40.2 Å². The molecular weight excluding hydrogens is 332 g/mol. The Kier molecular flexibility index (Phi) is 5.43. The molecule has 2 heterocycles. The average Bonchev–Trinajstić information content (AvgIpc) is 3.17. The molecule has 0 fully saturated rings. The minimum Gasteiger partial charge on any atom is -0.496 e. The number of amides is 1. The van der Waals surface area contributed by atoms with Gasteiger partial charge in [0.2, 0.25) is 0 Å². The lowest BCUT2D eigenvalue weighted by molar-refractivity contribution is 0.0944. The van der Waals surface area contributed by atoms with Crippen LogP contribution in [-0.4, -0.2) is 24.1 Å². The first-order valence-corrected chi connectivity index (χ1v) is 9.45. The van der Waals surface area contributed by atoms with Gasteiger partial charge in [0.1, 0.15) is 11.4 Å². The molecule has 0 aliphatic rings. The van der Waals surface area contributed by atoms with E-state index in [9.17, 15) is 4.79 Å². The van der Waals surface area contributed by atoms with Crippen molar-refractivity contribution in [2.24, 2.45) is 5.92 Å². The molecule has 0 bridgehead atoms. The molecule has 5 heteroatoms. The van der Waals surface area contributed by atoms with Crippen molar-refractivity contribution in [3.8, 4) is 5.75 Å². The Morgan fingerprint density at radius 3 is 2.84 bits per heavy atom. The van der Waals surface area contributed by atoms with E-state index in [1.54, 1.807) is 18.4 Å². The van der Waals surface area contributed by atoms with E-state index in [1.807, 2.05) is 30.3 Å². The number of ether oxygens (including phenoxy) is 1. The van der Waals surface area contributed by atoms with Crippen molar-refractivity contribution in [3.05, 3.63) is 53.0 Å². The smallest absolute Gasteiger partial charge is 0.267 e. The molecule has 1 aromatic carbocycles. The van der Waals surface area contributed by atoms with E-state index in [0.29, 0.717) is 12.5 Å². The summed E-state index contributed by atoms with van der Waals surface area (Å²) in [4.78, 5) is 12.7. The zero-order chi connectivity index (χ0) is 17.8. The van der Waals surface area contributed by atoms with Gasteiger partial charge in [0.25, 0.3) is 5.91 Å². The molecule has 1 amide bonds. The third-order valence-electron chi connectivity index (χ3n) is 4.18. The van der Waals surface area contributed by atoms with Gasteiger partial charge in [-0.05, 0) is 41.5 Å². The molecule has 3 aromatic rings. The molecular formula is C20H24N2O2S. The van der Waals surface area contributed by atoms with Gasteiger partial charge in [-0.15, -0.1) is 11.3 Å². The van der Waals surface area contributed by atoms with Crippen LogP contribution in [0, 0.1) is 5.92 Å². The zero-order valence-corrected chi connectivity index (χ0v) is 15.7. The highest BCUT2D eigenvalue weighted by atomic mass is 32.1. The highest BCUT2D eigenvalue weighted by molar-refractivity contribution is 7.17. The minimum absolute atomic E-state index is 0.0149. The number of para-hydroxylation sites is 1. The summed E-state index contributed by atoms with van der Waals surface area (Å²) < 4.78 is 8.66. The maximum absolute atomic E-state index is 12.7. The van der Waals surface area contributed by atoms with Crippen LogP contribution in [0.2, 0.25) is 0 Å². The summed E-state index contributed by atoms with van der Waals surface area (Å²) in [5.74, 6) is 1.33. The molecule has 0 saturated heterocycles. The van der Waals surface area contributed by atoms with Gasteiger partial charge >= 0.3 is 0 Å². The van der Waals surface area contributed by atoms with Gasteiger partial charge in [0, 0.05) is 13.1 Å². The van der Waals surface area contributed by atoms with Gasteiger partial charge in [0.15, 0.2) is 0 Å². The molecule has 0 atom stereocenters. The summed E-state index contributed by atoms with van der Waals surface area (Å²) in [5, 5.41) is 5.13. The summed E-state index contributed by atoms with van der Waals surface area (Å²) in [6.07, 6.45) is 0.745. The number of hydrogen-bond donors (Lipinski definition) is 1. The first kappa shape index (κ1) is 17.5. The van der Waals surface area contributed by atoms with Crippen LogP contribution in [0.5, 0.6) is 5.75 Å². The second kappa shape index (κ2) is 7.74. The van der Waals surface area contributed by atoms with E-state index < -0.39 is 0 Å². The summed E-state index contributed by atoms with van der Waals surface area (Å²) >= 11 is 1.68. The molecule has 0 unspecified atom stereocenters. The Balaban J connectivity index is 1.71. The van der Waals surface area contributed by atoms with Gasteiger partial charge in [-0.25, -0.2) is 0 Å². The molecule has 0 spiro atoms. The van der Waals surface area contributed by atoms with Crippen molar-refractivity contribution in [1.29, 1.82) is 0 Å². The lowest BCUT2D eigenvalue weighted by Crippen LogP contribution is -2.28. The number of aromatic nitrogens is 1. The normalized spacial score (nSPS) is 11.2. The first-order chi connectivity index (χ1) is 12.1. The van der Waals surface area contributed by atoms with Crippen molar-refractivity contribution >= 4 is 27.5 Å². The third-order valence-corrected chi connectivity index (χ3v) is 5.03. The Labute approximate surface area is 152 Å². The fourth-order valence-electron chi connectivity index (χ4n) is 3.04. The number of carbonyl (C=O) groups excluding carboxylic acids is 1. The topological polar surface area (TPSA) is 43.3 Å². The Morgan fingerprint density at radius 1 is 1.28 bits per heavy atom. The number of nitrogens with zero attached hydrogens (tertiary/aromatic N) is 1. The predicted octanol–water partition coefficient (Wildman–Crippen LogP) is 4.34. The summed E-state index contributed by atoms with van der Waals surface area (Å²) in [6, 6.07) is 12.0. The Morgan fingerprint density at radius 2 is 2.08 bits per heavy atom. The Hall–Kier alpha value is -2.27. The summed E-state index contributed by atoms with van der Waals surface area (Å²) in [5.41, 5.74) is 2.99. The average molecular weight is 356 g/mol. The monoisotopic (exact) mass is 356 g/mol. The fraction of sp³-hybridized carbons (Fsp3) is 0.350. The molecule has 25 heavy (non-hydrogen) atoms.